The molecule has 1 fully saturated rings. The maximum absolute atomic E-state index is 11.0. The average molecular weight is 255 g/mol. The van der Waals surface area contributed by atoms with Crippen molar-refractivity contribution in [3.05, 3.63) is 10.6 Å². The van der Waals surface area contributed by atoms with E-state index in [0.717, 1.165) is 24.8 Å². The molecule has 2 heterocycles. The molecule has 0 bridgehead atoms. The topological polar surface area (TPSA) is 56.7 Å². The van der Waals surface area contributed by atoms with Crippen LogP contribution in [0.25, 0.3) is 0 Å². The van der Waals surface area contributed by atoms with Crippen LogP contribution in [0.4, 0.5) is 5.13 Å². The van der Waals surface area contributed by atoms with E-state index in [2.05, 4.69) is 28.8 Å². The second-order valence-electron chi connectivity index (χ2n) is 4.49. The summed E-state index contributed by atoms with van der Waals surface area (Å²) in [6.07, 6.45) is 0. The Kier molecular flexibility index (Phi) is 3.35. The Balaban J connectivity index is 2.18. The number of carboxylic acids is 1. The zero-order valence-corrected chi connectivity index (χ0v) is 11.1. The van der Waals surface area contributed by atoms with Crippen molar-refractivity contribution in [1.82, 2.24) is 9.88 Å². The third-order valence-corrected chi connectivity index (χ3v) is 4.42. The van der Waals surface area contributed by atoms with Gasteiger partial charge in [0.2, 0.25) is 0 Å². The van der Waals surface area contributed by atoms with Crippen molar-refractivity contribution in [2.75, 3.05) is 31.6 Å². The summed E-state index contributed by atoms with van der Waals surface area (Å²) >= 11 is 1.27. The van der Waals surface area contributed by atoms with E-state index in [-0.39, 0.29) is 0 Å². The lowest BCUT2D eigenvalue weighted by atomic mass is 10.2. The van der Waals surface area contributed by atoms with Crippen LogP contribution < -0.4 is 4.90 Å². The lowest BCUT2D eigenvalue weighted by Crippen LogP contribution is -2.50. The summed E-state index contributed by atoms with van der Waals surface area (Å²) in [4.78, 5) is 20.2. The quantitative estimate of drug-likeness (QED) is 0.863. The van der Waals surface area contributed by atoms with Gasteiger partial charge < -0.3 is 14.9 Å². The number of thiazole rings is 1. The van der Waals surface area contributed by atoms with Gasteiger partial charge in [-0.2, -0.15) is 0 Å². The first-order valence-corrected chi connectivity index (χ1v) is 6.46. The van der Waals surface area contributed by atoms with E-state index in [9.17, 15) is 4.79 Å². The van der Waals surface area contributed by atoms with Crippen LogP contribution in [0.1, 0.15) is 22.3 Å². The predicted molar refractivity (Wildman–Crippen MR) is 68.1 cm³/mol. The Bertz CT molecular complexity index is 432. The van der Waals surface area contributed by atoms with E-state index in [1.54, 1.807) is 6.92 Å². The highest BCUT2D eigenvalue weighted by Gasteiger charge is 2.24. The molecule has 1 N–H and O–H groups in total. The first-order valence-electron chi connectivity index (χ1n) is 5.65. The van der Waals surface area contributed by atoms with E-state index < -0.39 is 5.97 Å². The number of piperazine rings is 1. The molecule has 6 heteroatoms. The molecule has 1 aliphatic heterocycles. The number of carbonyl (C=O) groups is 1. The fourth-order valence-electron chi connectivity index (χ4n) is 1.94. The summed E-state index contributed by atoms with van der Waals surface area (Å²) in [5.41, 5.74) is 0.615. The number of anilines is 1. The summed E-state index contributed by atoms with van der Waals surface area (Å²) in [5.74, 6) is -0.881. The van der Waals surface area contributed by atoms with Crippen molar-refractivity contribution in [2.24, 2.45) is 0 Å². The molecule has 17 heavy (non-hydrogen) atoms. The van der Waals surface area contributed by atoms with Crippen LogP contribution in [0.5, 0.6) is 0 Å². The van der Waals surface area contributed by atoms with Crippen LogP contribution >= 0.6 is 11.3 Å². The van der Waals surface area contributed by atoms with Gasteiger partial charge in [-0.25, -0.2) is 9.78 Å². The molecule has 1 saturated heterocycles. The van der Waals surface area contributed by atoms with Gasteiger partial charge in [0.25, 0.3) is 0 Å². The molecule has 1 aliphatic rings. The molecule has 0 spiro atoms. The minimum Gasteiger partial charge on any atom is -0.477 e. The molecule has 1 unspecified atom stereocenters. The van der Waals surface area contributed by atoms with Crippen LogP contribution in [-0.2, 0) is 0 Å². The fourth-order valence-corrected chi connectivity index (χ4v) is 2.88. The van der Waals surface area contributed by atoms with Crippen LogP contribution in [0, 0.1) is 6.92 Å². The summed E-state index contributed by atoms with van der Waals surface area (Å²) in [7, 11) is 2.11. The monoisotopic (exact) mass is 255 g/mol. The molecule has 0 aromatic carbocycles. The Morgan fingerprint density at radius 3 is 2.76 bits per heavy atom. The first kappa shape index (κ1) is 12.3. The molecular formula is C11H17N3O2S. The number of nitrogens with zero attached hydrogens (tertiary/aromatic N) is 3. The van der Waals surface area contributed by atoms with Crippen LogP contribution in [0.2, 0.25) is 0 Å². The van der Waals surface area contributed by atoms with Gasteiger partial charge in [-0.05, 0) is 20.9 Å². The van der Waals surface area contributed by atoms with E-state index in [0.29, 0.717) is 16.6 Å². The number of aromatic nitrogens is 1. The third-order valence-electron chi connectivity index (χ3n) is 3.21. The smallest absolute Gasteiger partial charge is 0.347 e. The molecule has 1 aromatic rings. The van der Waals surface area contributed by atoms with Crippen molar-refractivity contribution in [3.8, 4) is 0 Å². The second kappa shape index (κ2) is 4.62. The minimum atomic E-state index is -0.881. The van der Waals surface area contributed by atoms with Gasteiger partial charge in [-0.1, -0.05) is 11.3 Å². The van der Waals surface area contributed by atoms with E-state index in [1.807, 2.05) is 0 Å². The van der Waals surface area contributed by atoms with Gasteiger partial charge in [0.1, 0.15) is 4.88 Å². The van der Waals surface area contributed by atoms with Gasteiger partial charge in [-0.3, -0.25) is 0 Å². The van der Waals surface area contributed by atoms with Gasteiger partial charge in [0.05, 0.1) is 5.69 Å². The fraction of sp³-hybridized carbons (Fsp3) is 0.636. The number of hydrogen-bond acceptors (Lipinski definition) is 5. The number of aryl methyl sites for hydroxylation is 1. The highest BCUT2D eigenvalue weighted by molar-refractivity contribution is 7.17. The normalized spacial score (nSPS) is 21.8. The standard InChI is InChI=1S/C11H17N3O2S/c1-7-6-14(5-4-13(7)3)11-12-8(2)9(17-11)10(15)16/h7H,4-6H2,1-3H3,(H,15,16). The predicted octanol–water partition coefficient (Wildman–Crippen LogP) is 1.29. The van der Waals surface area contributed by atoms with Crippen molar-refractivity contribution >= 4 is 22.4 Å². The van der Waals surface area contributed by atoms with Gasteiger partial charge in [0, 0.05) is 25.7 Å². The van der Waals surface area contributed by atoms with Crippen molar-refractivity contribution in [3.63, 3.8) is 0 Å². The molecule has 0 aliphatic carbocycles. The summed E-state index contributed by atoms with van der Waals surface area (Å²) in [5, 5.41) is 9.85. The maximum Gasteiger partial charge on any atom is 0.347 e. The summed E-state index contributed by atoms with van der Waals surface area (Å²) < 4.78 is 0. The van der Waals surface area contributed by atoms with E-state index in [4.69, 9.17) is 5.11 Å². The number of aromatic carboxylic acids is 1. The Morgan fingerprint density at radius 2 is 2.24 bits per heavy atom. The van der Waals surface area contributed by atoms with E-state index in [1.165, 1.54) is 11.3 Å². The number of rotatable bonds is 2. The highest BCUT2D eigenvalue weighted by Crippen LogP contribution is 2.27. The lowest BCUT2D eigenvalue weighted by Gasteiger charge is -2.37. The second-order valence-corrected chi connectivity index (χ2v) is 5.47. The highest BCUT2D eigenvalue weighted by atomic mass is 32.1. The molecule has 1 aromatic heterocycles. The zero-order chi connectivity index (χ0) is 12.6. The van der Waals surface area contributed by atoms with Crippen molar-refractivity contribution < 1.29 is 9.90 Å². The average Bonchev–Trinajstić information content (AvgIpc) is 2.64. The molecular weight excluding hydrogens is 238 g/mol. The summed E-state index contributed by atoms with van der Waals surface area (Å²) in [6, 6.07) is 0.473. The molecule has 0 radical (unpaired) electrons. The van der Waals surface area contributed by atoms with Crippen LogP contribution in [0.15, 0.2) is 0 Å². The molecule has 5 nitrogen and oxygen atoms in total. The Labute approximate surface area is 105 Å². The molecule has 1 atom stereocenters. The Morgan fingerprint density at radius 1 is 1.53 bits per heavy atom. The maximum atomic E-state index is 11.0. The number of hydrogen-bond donors (Lipinski definition) is 1. The van der Waals surface area contributed by atoms with Crippen molar-refractivity contribution in [2.45, 2.75) is 19.9 Å². The van der Waals surface area contributed by atoms with Gasteiger partial charge in [-0.15, -0.1) is 0 Å². The minimum absolute atomic E-state index is 0.353. The van der Waals surface area contributed by atoms with Gasteiger partial charge >= 0.3 is 5.97 Å². The number of likely N-dealkylation sites (N-methyl/N-ethyl adjacent to an activating group) is 1. The third kappa shape index (κ3) is 2.42. The lowest BCUT2D eigenvalue weighted by molar-refractivity contribution is 0.0701. The van der Waals surface area contributed by atoms with E-state index >= 15 is 0 Å². The van der Waals surface area contributed by atoms with Gasteiger partial charge in [0.15, 0.2) is 5.13 Å². The van der Waals surface area contributed by atoms with Crippen LogP contribution in [-0.4, -0.2) is 53.7 Å². The molecule has 2 rings (SSSR count). The largest absolute Gasteiger partial charge is 0.477 e. The zero-order valence-electron chi connectivity index (χ0n) is 10.3. The first-order chi connectivity index (χ1) is 7.99. The molecule has 0 amide bonds. The van der Waals surface area contributed by atoms with Crippen molar-refractivity contribution in [1.29, 1.82) is 0 Å². The number of carboxylic acid groups (broad SMARTS) is 1. The Hall–Kier alpha value is -1.14. The molecule has 94 valence electrons. The van der Waals surface area contributed by atoms with Crippen LogP contribution in [0.3, 0.4) is 0 Å². The molecule has 0 saturated carbocycles. The summed E-state index contributed by atoms with van der Waals surface area (Å²) in [6.45, 7) is 6.73. The SMILES string of the molecule is Cc1nc(N2CCN(C)C(C)C2)sc1C(=O)O.